The molecule has 7 atom stereocenters. The highest BCUT2D eigenvalue weighted by atomic mass is 16.7. The molecular weight excluding hydrogens is 923 g/mol. The second kappa shape index (κ2) is 53.8. The molecule has 0 aromatic carbocycles. The van der Waals surface area contributed by atoms with E-state index in [9.17, 15) is 30.3 Å². The third-order valence-electron chi connectivity index (χ3n) is 14.2. The van der Waals surface area contributed by atoms with Crippen LogP contribution in [0.1, 0.15) is 264 Å². The van der Waals surface area contributed by atoms with Crippen molar-refractivity contribution in [3.05, 3.63) is 85.1 Å². The maximum absolute atomic E-state index is 13.0. The van der Waals surface area contributed by atoms with Gasteiger partial charge in [0.1, 0.15) is 24.4 Å². The molecule has 1 amide bonds. The largest absolute Gasteiger partial charge is 0.394 e. The number of rotatable bonds is 52. The summed E-state index contributed by atoms with van der Waals surface area (Å²) in [6.07, 6.45) is 69.6. The Morgan fingerprint density at radius 3 is 1.24 bits per heavy atom. The summed E-state index contributed by atoms with van der Waals surface area (Å²) in [4.78, 5) is 13.0. The maximum Gasteiger partial charge on any atom is 0.220 e. The average Bonchev–Trinajstić information content (AvgIpc) is 3.40. The number of aliphatic hydroxyl groups excluding tert-OH is 5. The van der Waals surface area contributed by atoms with Gasteiger partial charge in [0.15, 0.2) is 6.29 Å². The first-order valence-electron chi connectivity index (χ1n) is 30.8. The fourth-order valence-electron chi connectivity index (χ4n) is 9.40. The van der Waals surface area contributed by atoms with Crippen LogP contribution < -0.4 is 5.32 Å². The van der Waals surface area contributed by atoms with Crippen LogP contribution in [-0.4, -0.2) is 87.5 Å². The smallest absolute Gasteiger partial charge is 0.220 e. The van der Waals surface area contributed by atoms with Gasteiger partial charge in [0.2, 0.25) is 5.91 Å². The van der Waals surface area contributed by atoms with Gasteiger partial charge in [-0.1, -0.05) is 272 Å². The summed E-state index contributed by atoms with van der Waals surface area (Å²) < 4.78 is 11.2. The lowest BCUT2D eigenvalue weighted by Gasteiger charge is -2.40. The molecule has 1 aliphatic heterocycles. The van der Waals surface area contributed by atoms with E-state index in [-0.39, 0.29) is 12.5 Å². The molecule has 0 bridgehead atoms. The first kappa shape index (κ1) is 69.4. The van der Waals surface area contributed by atoms with Crippen LogP contribution in [0.5, 0.6) is 0 Å². The van der Waals surface area contributed by atoms with Gasteiger partial charge < -0.3 is 40.3 Å². The number of carbonyl (C=O) groups is 1. The molecule has 0 aromatic rings. The number of allylic oxidation sites excluding steroid dienone is 13. The molecule has 1 heterocycles. The van der Waals surface area contributed by atoms with E-state index in [1.807, 2.05) is 6.08 Å². The lowest BCUT2D eigenvalue weighted by atomic mass is 9.99. The number of amides is 1. The molecule has 7 unspecified atom stereocenters. The van der Waals surface area contributed by atoms with Gasteiger partial charge >= 0.3 is 0 Å². The highest BCUT2D eigenvalue weighted by molar-refractivity contribution is 5.76. The summed E-state index contributed by atoms with van der Waals surface area (Å²) in [5.74, 6) is -0.177. The van der Waals surface area contributed by atoms with Crippen molar-refractivity contribution in [2.75, 3.05) is 13.2 Å². The minimum atomic E-state index is -1.57. The number of ether oxygens (including phenoxy) is 2. The Morgan fingerprint density at radius 1 is 0.473 bits per heavy atom. The van der Waals surface area contributed by atoms with Crippen molar-refractivity contribution in [1.29, 1.82) is 0 Å². The van der Waals surface area contributed by atoms with Gasteiger partial charge in [0.05, 0.1) is 25.4 Å². The Balaban J connectivity index is 2.05. The summed E-state index contributed by atoms with van der Waals surface area (Å²) in [5.41, 5.74) is 0. The third kappa shape index (κ3) is 42.5. The predicted octanol–water partition coefficient (Wildman–Crippen LogP) is 15.8. The van der Waals surface area contributed by atoms with Crippen LogP contribution in [0.4, 0.5) is 0 Å². The number of unbranched alkanes of at least 4 members (excludes halogenated alkanes) is 30. The fourth-order valence-corrected chi connectivity index (χ4v) is 9.40. The third-order valence-corrected chi connectivity index (χ3v) is 14.2. The van der Waals surface area contributed by atoms with E-state index in [1.165, 1.54) is 167 Å². The normalized spacial score (nSPS) is 19.6. The van der Waals surface area contributed by atoms with E-state index in [2.05, 4.69) is 92.1 Å². The minimum Gasteiger partial charge on any atom is -0.394 e. The molecule has 0 saturated carbocycles. The van der Waals surface area contributed by atoms with Gasteiger partial charge in [-0.3, -0.25) is 4.79 Å². The van der Waals surface area contributed by atoms with Crippen molar-refractivity contribution in [2.24, 2.45) is 0 Å². The first-order chi connectivity index (χ1) is 36.3. The Morgan fingerprint density at radius 2 is 0.838 bits per heavy atom. The second-order valence-corrected chi connectivity index (χ2v) is 21.1. The van der Waals surface area contributed by atoms with E-state index < -0.39 is 49.5 Å². The van der Waals surface area contributed by atoms with Crippen LogP contribution in [0.15, 0.2) is 85.1 Å². The molecule has 0 aromatic heterocycles. The van der Waals surface area contributed by atoms with Gasteiger partial charge in [-0.15, -0.1) is 0 Å². The molecule has 1 fully saturated rings. The number of hydrogen-bond acceptors (Lipinski definition) is 8. The lowest BCUT2D eigenvalue weighted by molar-refractivity contribution is -0.302. The highest BCUT2D eigenvalue weighted by Crippen LogP contribution is 2.23. The zero-order valence-corrected chi connectivity index (χ0v) is 47.6. The zero-order valence-electron chi connectivity index (χ0n) is 47.6. The zero-order chi connectivity index (χ0) is 53.6. The summed E-state index contributed by atoms with van der Waals surface area (Å²) >= 11 is 0. The van der Waals surface area contributed by atoms with Crippen LogP contribution in [0.3, 0.4) is 0 Å². The molecule has 9 heteroatoms. The van der Waals surface area contributed by atoms with Gasteiger partial charge in [0, 0.05) is 6.42 Å². The van der Waals surface area contributed by atoms with Gasteiger partial charge in [-0.25, -0.2) is 0 Å². The molecule has 6 N–H and O–H groups in total. The molecule has 1 rings (SSSR count). The molecule has 9 nitrogen and oxygen atoms in total. The van der Waals surface area contributed by atoms with E-state index in [1.54, 1.807) is 6.08 Å². The quantitative estimate of drug-likeness (QED) is 0.0261. The van der Waals surface area contributed by atoms with Crippen LogP contribution in [0.2, 0.25) is 0 Å². The minimum absolute atomic E-state index is 0.177. The van der Waals surface area contributed by atoms with Crippen LogP contribution >= 0.6 is 0 Å². The molecule has 0 aliphatic carbocycles. The standard InChI is InChI=1S/C65H115NO8/c1-3-5-7-9-11-13-15-17-18-19-20-21-22-23-24-25-26-27-28-29-30-31-32-33-34-35-36-37-38-39-40-41-42-43-45-47-49-51-53-55-61(69)66-58(57-73-65-64(72)63(71)62(70)60(56-67)74-65)59(68)54-52-50-48-46-44-16-14-12-10-8-6-4-2/h5,7,11,13,17-18,20-21,23-24,26-27,52,54,58-60,62-65,67-68,70-72H,3-4,6,8-10,12,14-16,19,22,25,28-51,53,55-57H2,1-2H3,(H,66,69)/b7-5-,13-11-,18-17-,21-20-,24-23-,27-26-,54-52+. The van der Waals surface area contributed by atoms with E-state index in [0.29, 0.717) is 6.42 Å². The van der Waals surface area contributed by atoms with E-state index in [0.717, 1.165) is 77.0 Å². The highest BCUT2D eigenvalue weighted by Gasteiger charge is 2.44. The second-order valence-electron chi connectivity index (χ2n) is 21.1. The van der Waals surface area contributed by atoms with Crippen molar-refractivity contribution in [1.82, 2.24) is 5.32 Å². The predicted molar refractivity (Wildman–Crippen MR) is 313 cm³/mol. The molecular formula is C65H115NO8. The van der Waals surface area contributed by atoms with Crippen molar-refractivity contribution in [2.45, 2.75) is 307 Å². The number of carbonyl (C=O) groups excluding carboxylic acids is 1. The van der Waals surface area contributed by atoms with Crippen LogP contribution in [0, 0.1) is 0 Å². The van der Waals surface area contributed by atoms with Crippen LogP contribution in [-0.2, 0) is 14.3 Å². The van der Waals surface area contributed by atoms with Gasteiger partial charge in [-0.05, 0) is 70.6 Å². The number of nitrogens with one attached hydrogen (secondary N) is 1. The summed E-state index contributed by atoms with van der Waals surface area (Å²) in [7, 11) is 0. The van der Waals surface area contributed by atoms with Crippen molar-refractivity contribution in [3.63, 3.8) is 0 Å². The molecule has 428 valence electrons. The average molecular weight is 1040 g/mol. The van der Waals surface area contributed by atoms with Gasteiger partial charge in [0.25, 0.3) is 0 Å². The summed E-state index contributed by atoms with van der Waals surface area (Å²) in [5, 5.41) is 54.4. The maximum atomic E-state index is 13.0. The summed E-state index contributed by atoms with van der Waals surface area (Å²) in [6.45, 7) is 3.66. The number of aliphatic hydroxyl groups is 5. The fraction of sp³-hybridized carbons (Fsp3) is 0.769. The van der Waals surface area contributed by atoms with E-state index in [4.69, 9.17) is 9.47 Å². The first-order valence-corrected chi connectivity index (χ1v) is 30.8. The Labute approximate surface area is 454 Å². The molecule has 1 aliphatic rings. The topological polar surface area (TPSA) is 149 Å². The molecule has 0 radical (unpaired) electrons. The van der Waals surface area contributed by atoms with Gasteiger partial charge in [-0.2, -0.15) is 0 Å². The van der Waals surface area contributed by atoms with Crippen LogP contribution in [0.25, 0.3) is 0 Å². The van der Waals surface area contributed by atoms with E-state index >= 15 is 0 Å². The summed E-state index contributed by atoms with van der Waals surface area (Å²) in [6, 6.07) is -0.805. The Kier molecular flexibility index (Phi) is 50.4. The van der Waals surface area contributed by atoms with Crippen molar-refractivity contribution in [3.8, 4) is 0 Å². The Hall–Kier alpha value is -2.63. The number of hydrogen-bond donors (Lipinski definition) is 6. The SMILES string of the molecule is CC/C=C\C/C=C\C/C=C\C/C=C\C/C=C\C/C=C\CCCCCCCCCCCCCCCCCCCCCCC(=O)NC(COC1OC(CO)C(O)C(O)C1O)C(O)/C=C/CCCCCCCCCCCC. The van der Waals surface area contributed by atoms with Crippen molar-refractivity contribution < 1.29 is 39.8 Å². The molecule has 74 heavy (non-hydrogen) atoms. The molecule has 0 spiro atoms. The Bertz CT molecular complexity index is 1440. The monoisotopic (exact) mass is 1040 g/mol. The van der Waals surface area contributed by atoms with Crippen molar-refractivity contribution >= 4 is 5.91 Å². The molecule has 1 saturated heterocycles. The lowest BCUT2D eigenvalue weighted by Crippen LogP contribution is -2.60.